The Labute approximate surface area is 189 Å². The lowest BCUT2D eigenvalue weighted by Crippen LogP contribution is -2.38. The van der Waals surface area contributed by atoms with Crippen molar-refractivity contribution in [3.63, 3.8) is 0 Å². The zero-order valence-electron chi connectivity index (χ0n) is 17.1. The number of urea groups is 1. The molecule has 4 heterocycles. The van der Waals surface area contributed by atoms with Crippen LogP contribution < -0.4 is 21.3 Å². The van der Waals surface area contributed by atoms with E-state index in [-0.39, 0.29) is 26.8 Å². The number of piperidine rings is 1. The molecule has 9 heteroatoms. The number of carbonyl (C=O) groups is 1. The van der Waals surface area contributed by atoms with Crippen molar-refractivity contribution in [2.75, 3.05) is 23.7 Å². The number of rotatable bonds is 4. The Kier molecular flexibility index (Phi) is 5.58. The van der Waals surface area contributed by atoms with Gasteiger partial charge in [-0.15, -0.1) is 0 Å². The largest absolute Gasteiger partial charge is 0.366 e. The van der Waals surface area contributed by atoms with Crippen molar-refractivity contribution in [3.05, 3.63) is 64.6 Å². The third kappa shape index (κ3) is 4.41. The van der Waals surface area contributed by atoms with Crippen molar-refractivity contribution in [2.45, 2.75) is 25.7 Å². The van der Waals surface area contributed by atoms with E-state index in [0.717, 1.165) is 37.1 Å². The molecule has 8 nitrogen and oxygen atoms in total. The molecule has 5 rings (SSSR count). The fourth-order valence-electron chi connectivity index (χ4n) is 4.05. The van der Waals surface area contributed by atoms with Crippen LogP contribution in [0.25, 0.3) is 3.70 Å². The first-order valence-corrected chi connectivity index (χ1v) is 12.5. The van der Waals surface area contributed by atoms with Gasteiger partial charge in [-0.25, -0.2) is 9.79 Å². The van der Waals surface area contributed by atoms with Crippen LogP contribution in [0.5, 0.6) is 0 Å². The summed E-state index contributed by atoms with van der Waals surface area (Å²) in [6.07, 6.45) is 4.27. The molecule has 31 heavy (non-hydrogen) atoms. The van der Waals surface area contributed by atoms with Gasteiger partial charge in [0.1, 0.15) is 11.2 Å². The highest BCUT2D eigenvalue weighted by Crippen LogP contribution is 2.33. The van der Waals surface area contributed by atoms with Crippen LogP contribution in [0, 0.1) is 6.92 Å². The van der Waals surface area contributed by atoms with E-state index in [1.807, 2.05) is 18.3 Å². The lowest BCUT2D eigenvalue weighted by molar-refractivity contribution is 0.262. The standard InChI is InChI=1S/C22H23IN6O2/c1-14-10-19(28-31-14)27-22(30)26-17-6-2-4-15(11-17)16-5-3-9-29(12-16)20-18-7-8-24-21(18)25-13-23-20/h2,4,6-8,10-11,13,16H,3,5,9,12H2,1H3,(H,24,25)(H2,26,27,28,30). The second-order valence-electron chi connectivity index (χ2n) is 7.68. The monoisotopic (exact) mass is 530 g/mol. The van der Waals surface area contributed by atoms with Crippen molar-refractivity contribution >= 4 is 46.1 Å². The number of anilines is 2. The van der Waals surface area contributed by atoms with Crippen LogP contribution in [-0.4, -0.2) is 38.3 Å². The predicted octanol–water partition coefficient (Wildman–Crippen LogP) is 3.26. The van der Waals surface area contributed by atoms with Crippen LogP contribution in [0.3, 0.4) is 0 Å². The first-order chi connectivity index (χ1) is 15.2. The van der Waals surface area contributed by atoms with Crippen LogP contribution in [-0.2, 0) is 0 Å². The molecule has 1 aromatic carbocycles. The fraction of sp³-hybridized carbons (Fsp3) is 0.273. The third-order valence-corrected chi connectivity index (χ3v) is 7.87. The van der Waals surface area contributed by atoms with E-state index in [1.54, 1.807) is 13.0 Å². The number of fused-ring (bicyclic) bond motifs is 1. The van der Waals surface area contributed by atoms with Gasteiger partial charge in [0.25, 0.3) is 0 Å². The Morgan fingerprint density at radius 1 is 1.29 bits per heavy atom. The Hall–Kier alpha value is -2.95. The SMILES string of the molecule is Cc1cc(NC(=O)Nc2cccc(C3CCCN(C4=c5cc[nH]c5=NC=I4)C3)c2)no1. The minimum Gasteiger partial charge on any atom is -0.366 e. The zero-order chi connectivity index (χ0) is 21.2. The van der Waals surface area contributed by atoms with Gasteiger partial charge in [-0.1, -0.05) is 17.3 Å². The van der Waals surface area contributed by atoms with Gasteiger partial charge in [0.05, 0.1) is 7.84 Å². The van der Waals surface area contributed by atoms with E-state index >= 15 is 0 Å². The molecule has 2 aromatic heterocycles. The first kappa shape index (κ1) is 20.0. The smallest absolute Gasteiger partial charge is 0.324 e. The number of aryl methyl sites for hydroxylation is 1. The molecule has 0 spiro atoms. The minimum atomic E-state index is -0.336. The Balaban J connectivity index is 1.30. The number of aromatic nitrogens is 2. The van der Waals surface area contributed by atoms with Crippen molar-refractivity contribution in [3.8, 4) is 0 Å². The summed E-state index contributed by atoms with van der Waals surface area (Å²) in [4.78, 5) is 22.6. The van der Waals surface area contributed by atoms with E-state index < -0.39 is 0 Å². The molecule has 0 saturated carbocycles. The number of H-pyrrole nitrogens is 1. The molecule has 1 atom stereocenters. The number of hydrogen-bond acceptors (Lipinski definition) is 5. The molecule has 0 bridgehead atoms. The van der Waals surface area contributed by atoms with Crippen LogP contribution in [0.2, 0.25) is 0 Å². The van der Waals surface area contributed by atoms with Gasteiger partial charge < -0.3 is 19.7 Å². The highest BCUT2D eigenvalue weighted by atomic mass is 127. The van der Waals surface area contributed by atoms with E-state index in [2.05, 4.69) is 53.0 Å². The molecule has 2 aliphatic heterocycles. The molecular weight excluding hydrogens is 507 g/mol. The maximum atomic E-state index is 12.3. The van der Waals surface area contributed by atoms with Crippen molar-refractivity contribution in [2.24, 2.45) is 4.99 Å². The molecule has 1 saturated heterocycles. The molecule has 2 aliphatic rings. The van der Waals surface area contributed by atoms with E-state index in [4.69, 9.17) is 4.52 Å². The summed E-state index contributed by atoms with van der Waals surface area (Å²) in [5.41, 5.74) is 2.99. The van der Waals surface area contributed by atoms with E-state index in [1.165, 1.54) is 14.5 Å². The summed E-state index contributed by atoms with van der Waals surface area (Å²) in [7, 11) is 0. The summed E-state index contributed by atoms with van der Waals surface area (Å²) >= 11 is -0.218. The maximum Gasteiger partial charge on any atom is 0.324 e. The van der Waals surface area contributed by atoms with Crippen LogP contribution >= 0.6 is 20.7 Å². The van der Waals surface area contributed by atoms with E-state index in [9.17, 15) is 4.79 Å². The summed E-state index contributed by atoms with van der Waals surface area (Å²) in [6, 6.07) is 11.6. The summed E-state index contributed by atoms with van der Waals surface area (Å²) < 4.78 is 8.53. The maximum absolute atomic E-state index is 12.3. The normalized spacial score (nSPS) is 18.0. The lowest BCUT2D eigenvalue weighted by Gasteiger charge is -2.35. The number of aromatic amines is 1. The van der Waals surface area contributed by atoms with Crippen molar-refractivity contribution in [1.29, 1.82) is 0 Å². The number of hydrogen-bond donors (Lipinski definition) is 3. The molecule has 0 radical (unpaired) electrons. The van der Waals surface area contributed by atoms with Crippen LogP contribution in [0.15, 0.2) is 52.1 Å². The predicted molar refractivity (Wildman–Crippen MR) is 129 cm³/mol. The molecule has 1 fully saturated rings. The van der Waals surface area contributed by atoms with Gasteiger partial charge >= 0.3 is 6.03 Å². The number of benzene rings is 1. The third-order valence-electron chi connectivity index (χ3n) is 5.46. The van der Waals surface area contributed by atoms with Crippen LogP contribution in [0.4, 0.5) is 16.3 Å². The van der Waals surface area contributed by atoms with Gasteiger partial charge in [-0.05, 0) is 64.3 Å². The van der Waals surface area contributed by atoms with Crippen LogP contribution in [0.1, 0.15) is 30.1 Å². The minimum absolute atomic E-state index is 0.218. The molecule has 3 N–H and O–H groups in total. The van der Waals surface area contributed by atoms with Gasteiger partial charge in [-0.3, -0.25) is 5.32 Å². The van der Waals surface area contributed by atoms with Gasteiger partial charge in [0.15, 0.2) is 5.82 Å². The Bertz CT molecular complexity index is 1260. The number of amides is 2. The second-order valence-corrected chi connectivity index (χ2v) is 9.88. The Morgan fingerprint density at radius 3 is 3.10 bits per heavy atom. The summed E-state index contributed by atoms with van der Waals surface area (Å²) in [5.74, 6) is 1.47. The highest BCUT2D eigenvalue weighted by Gasteiger charge is 2.24. The molecule has 0 aliphatic carbocycles. The fourth-order valence-corrected chi connectivity index (χ4v) is 6.34. The lowest BCUT2D eigenvalue weighted by atomic mass is 9.90. The van der Waals surface area contributed by atoms with Crippen molar-refractivity contribution < 1.29 is 9.32 Å². The zero-order valence-corrected chi connectivity index (χ0v) is 19.2. The Morgan fingerprint density at radius 2 is 2.23 bits per heavy atom. The van der Waals surface area contributed by atoms with Gasteiger partial charge in [-0.2, -0.15) is 0 Å². The molecule has 2 amide bonds. The summed E-state index contributed by atoms with van der Waals surface area (Å²) in [5, 5.41) is 10.6. The molecule has 1 unspecified atom stereocenters. The number of likely N-dealkylation sites (tertiary alicyclic amines) is 1. The second kappa shape index (κ2) is 8.66. The number of carbonyl (C=O) groups excluding carboxylic acids is 1. The topological polar surface area (TPSA) is 98.6 Å². The number of nitrogens with one attached hydrogen (secondary N) is 3. The highest BCUT2D eigenvalue weighted by molar-refractivity contribution is 14.2. The van der Waals surface area contributed by atoms with Gasteiger partial charge in [0, 0.05) is 42.2 Å². The molecular formula is C22H23IN6O2. The summed E-state index contributed by atoms with van der Waals surface area (Å²) in [6.45, 7) is 3.85. The average molecular weight is 530 g/mol. The average Bonchev–Trinajstić information content (AvgIpc) is 3.42. The molecule has 3 aromatic rings. The quantitative estimate of drug-likeness (QED) is 0.357. The van der Waals surface area contributed by atoms with Gasteiger partial charge in [0.2, 0.25) is 0 Å². The molecule has 160 valence electrons. The number of halogens is 1. The number of nitrogens with zero attached hydrogens (tertiary/aromatic N) is 3. The van der Waals surface area contributed by atoms with E-state index in [0.29, 0.717) is 17.5 Å². The first-order valence-electron chi connectivity index (χ1n) is 10.2. The van der Waals surface area contributed by atoms with Crippen molar-refractivity contribution in [1.82, 2.24) is 15.0 Å².